The number of hydrogen-bond acceptors (Lipinski definition) is 2. The van der Waals surface area contributed by atoms with E-state index in [1.807, 2.05) is 0 Å². The summed E-state index contributed by atoms with van der Waals surface area (Å²) >= 11 is 0. The zero-order valence-electron chi connectivity index (χ0n) is 14.1. The van der Waals surface area contributed by atoms with E-state index in [1.165, 1.54) is 59.6 Å². The summed E-state index contributed by atoms with van der Waals surface area (Å²) < 4.78 is 2.14. The number of rotatable bonds is 4. The molecule has 3 heteroatoms. The number of nitrogens with zero attached hydrogens (tertiary/aromatic N) is 2. The lowest BCUT2D eigenvalue weighted by atomic mass is 10.1. The zero-order chi connectivity index (χ0) is 15.5. The van der Waals surface area contributed by atoms with E-state index < -0.39 is 0 Å². The van der Waals surface area contributed by atoms with Crippen LogP contribution in [0.5, 0.6) is 0 Å². The van der Waals surface area contributed by atoms with Gasteiger partial charge in [-0.1, -0.05) is 19.4 Å². The maximum Gasteiger partial charge on any atom is 0.133 e. The third-order valence-corrected chi connectivity index (χ3v) is 4.71. The molecule has 0 fully saturated rings. The van der Waals surface area contributed by atoms with E-state index in [-0.39, 0.29) is 0 Å². The van der Waals surface area contributed by atoms with Crippen LogP contribution in [-0.2, 0) is 12.8 Å². The van der Waals surface area contributed by atoms with Crippen molar-refractivity contribution in [3.63, 3.8) is 0 Å². The fraction of sp³-hybridized carbons (Fsp3) is 0.526. The molecule has 118 valence electrons. The Morgan fingerprint density at radius 2 is 2.05 bits per heavy atom. The van der Waals surface area contributed by atoms with E-state index in [1.54, 1.807) is 0 Å². The highest BCUT2D eigenvalue weighted by atomic mass is 15.3. The van der Waals surface area contributed by atoms with Gasteiger partial charge in [0.05, 0.1) is 11.4 Å². The molecule has 0 saturated heterocycles. The van der Waals surface area contributed by atoms with E-state index in [2.05, 4.69) is 49.0 Å². The Kier molecular flexibility index (Phi) is 4.51. The molecule has 1 N–H and O–H groups in total. The van der Waals surface area contributed by atoms with Crippen LogP contribution in [0.4, 0.5) is 5.82 Å². The van der Waals surface area contributed by atoms with Gasteiger partial charge in [-0.15, -0.1) is 0 Å². The summed E-state index contributed by atoms with van der Waals surface area (Å²) in [6, 6.07) is 6.63. The summed E-state index contributed by atoms with van der Waals surface area (Å²) in [5, 5.41) is 8.59. The first-order valence-electron chi connectivity index (χ1n) is 8.63. The van der Waals surface area contributed by atoms with Gasteiger partial charge in [0.25, 0.3) is 0 Å². The molecule has 0 saturated carbocycles. The number of benzene rings is 1. The number of unbranched alkanes of at least 4 members (excludes halogenated alkanes) is 1. The molecule has 3 nitrogen and oxygen atoms in total. The molecule has 0 radical (unpaired) electrons. The van der Waals surface area contributed by atoms with E-state index in [9.17, 15) is 0 Å². The van der Waals surface area contributed by atoms with Gasteiger partial charge in [0.1, 0.15) is 5.82 Å². The largest absolute Gasteiger partial charge is 0.370 e. The molecule has 0 atom stereocenters. The molecular weight excluding hydrogens is 270 g/mol. The van der Waals surface area contributed by atoms with Crippen molar-refractivity contribution in [1.29, 1.82) is 0 Å². The van der Waals surface area contributed by atoms with Gasteiger partial charge in [0.2, 0.25) is 0 Å². The van der Waals surface area contributed by atoms with Crippen LogP contribution in [0.15, 0.2) is 18.2 Å². The molecule has 0 amide bonds. The van der Waals surface area contributed by atoms with Crippen LogP contribution in [0, 0.1) is 13.8 Å². The smallest absolute Gasteiger partial charge is 0.133 e. The molecule has 2 heterocycles. The fourth-order valence-electron chi connectivity index (χ4n) is 3.16. The van der Waals surface area contributed by atoms with Crippen LogP contribution in [0.1, 0.15) is 55.0 Å². The van der Waals surface area contributed by atoms with Gasteiger partial charge in [-0.25, -0.2) is 4.68 Å². The number of fused-ring (bicyclic) bond motifs is 1. The highest BCUT2D eigenvalue weighted by molar-refractivity contribution is 5.55. The van der Waals surface area contributed by atoms with Crippen molar-refractivity contribution in [3.8, 4) is 5.69 Å². The summed E-state index contributed by atoms with van der Waals surface area (Å²) in [6.45, 7) is 7.63. The molecule has 1 aliphatic rings. The average molecular weight is 297 g/mol. The lowest BCUT2D eigenvalue weighted by molar-refractivity contribution is 0.728. The van der Waals surface area contributed by atoms with Crippen LogP contribution in [-0.4, -0.2) is 16.3 Å². The first-order valence-corrected chi connectivity index (χ1v) is 8.63. The zero-order valence-corrected chi connectivity index (χ0v) is 14.1. The highest BCUT2D eigenvalue weighted by Gasteiger charge is 2.20. The first-order chi connectivity index (χ1) is 10.7. The Labute approximate surface area is 133 Å². The minimum Gasteiger partial charge on any atom is -0.370 e. The Morgan fingerprint density at radius 1 is 1.18 bits per heavy atom. The number of hydrogen-bond donors (Lipinski definition) is 1. The first kappa shape index (κ1) is 15.1. The fourth-order valence-corrected chi connectivity index (χ4v) is 3.16. The van der Waals surface area contributed by atoms with Crippen molar-refractivity contribution in [2.75, 3.05) is 11.9 Å². The average Bonchev–Trinajstić information content (AvgIpc) is 2.70. The van der Waals surface area contributed by atoms with Crippen LogP contribution in [0.2, 0.25) is 0 Å². The molecule has 1 aliphatic heterocycles. The standard InChI is InChI=1S/C19H27N3/c1-4-5-9-18-17-8-6-7-12-20-19(17)22(21-18)16-11-10-14(2)15(3)13-16/h10-11,13,20H,4-9,12H2,1-3H3. The molecule has 0 bridgehead atoms. The normalized spacial score (nSPS) is 14.3. The van der Waals surface area contributed by atoms with Crippen molar-refractivity contribution in [1.82, 2.24) is 9.78 Å². The topological polar surface area (TPSA) is 29.9 Å². The number of aromatic nitrogens is 2. The Morgan fingerprint density at radius 3 is 2.82 bits per heavy atom. The van der Waals surface area contributed by atoms with Crippen molar-refractivity contribution in [2.45, 2.75) is 59.3 Å². The Bertz CT molecular complexity index is 655. The molecule has 0 spiro atoms. The Balaban J connectivity index is 2.06. The molecule has 3 rings (SSSR count). The second-order valence-corrected chi connectivity index (χ2v) is 6.44. The number of aryl methyl sites for hydroxylation is 3. The van der Waals surface area contributed by atoms with Gasteiger partial charge >= 0.3 is 0 Å². The number of nitrogens with one attached hydrogen (secondary N) is 1. The lowest BCUT2D eigenvalue weighted by Gasteiger charge is -2.11. The lowest BCUT2D eigenvalue weighted by Crippen LogP contribution is -2.07. The second kappa shape index (κ2) is 6.55. The minimum absolute atomic E-state index is 1.05. The van der Waals surface area contributed by atoms with Crippen molar-refractivity contribution in [2.24, 2.45) is 0 Å². The van der Waals surface area contributed by atoms with Gasteiger partial charge in [-0.05, 0) is 69.2 Å². The molecule has 1 aromatic heterocycles. The van der Waals surface area contributed by atoms with Crippen molar-refractivity contribution < 1.29 is 0 Å². The monoisotopic (exact) mass is 297 g/mol. The molecule has 0 unspecified atom stereocenters. The van der Waals surface area contributed by atoms with Gasteiger partial charge in [-0.3, -0.25) is 0 Å². The third-order valence-electron chi connectivity index (χ3n) is 4.71. The molecular formula is C19H27N3. The SMILES string of the molecule is CCCCc1nn(-c2ccc(C)c(C)c2)c2c1CCCCN2. The Hall–Kier alpha value is -1.77. The summed E-state index contributed by atoms with van der Waals surface area (Å²) in [6.07, 6.45) is 7.20. The molecule has 1 aromatic carbocycles. The van der Waals surface area contributed by atoms with Gasteiger partial charge in [0.15, 0.2) is 0 Å². The molecule has 2 aromatic rings. The third kappa shape index (κ3) is 2.90. The molecule has 0 aliphatic carbocycles. The van der Waals surface area contributed by atoms with Crippen LogP contribution in [0.3, 0.4) is 0 Å². The molecule has 22 heavy (non-hydrogen) atoms. The van der Waals surface area contributed by atoms with Gasteiger partial charge < -0.3 is 5.32 Å². The van der Waals surface area contributed by atoms with E-state index >= 15 is 0 Å². The number of anilines is 1. The second-order valence-electron chi connectivity index (χ2n) is 6.44. The van der Waals surface area contributed by atoms with Crippen molar-refractivity contribution >= 4 is 5.82 Å². The summed E-state index contributed by atoms with van der Waals surface area (Å²) in [5.41, 5.74) is 6.58. The van der Waals surface area contributed by atoms with Crippen LogP contribution >= 0.6 is 0 Å². The minimum atomic E-state index is 1.05. The van der Waals surface area contributed by atoms with Gasteiger partial charge in [0, 0.05) is 12.1 Å². The van der Waals surface area contributed by atoms with E-state index in [4.69, 9.17) is 5.10 Å². The maximum absolute atomic E-state index is 4.97. The predicted octanol–water partition coefficient (Wildman–Crippen LogP) is 4.58. The van der Waals surface area contributed by atoms with E-state index in [0.29, 0.717) is 0 Å². The summed E-state index contributed by atoms with van der Waals surface area (Å²) in [4.78, 5) is 0. The van der Waals surface area contributed by atoms with Gasteiger partial charge in [-0.2, -0.15) is 5.10 Å². The van der Waals surface area contributed by atoms with E-state index in [0.717, 1.165) is 19.4 Å². The highest BCUT2D eigenvalue weighted by Crippen LogP contribution is 2.29. The summed E-state index contributed by atoms with van der Waals surface area (Å²) in [5.74, 6) is 1.23. The maximum atomic E-state index is 4.97. The summed E-state index contributed by atoms with van der Waals surface area (Å²) in [7, 11) is 0. The quantitative estimate of drug-likeness (QED) is 0.895. The van der Waals surface area contributed by atoms with Crippen molar-refractivity contribution in [3.05, 3.63) is 40.6 Å². The van der Waals surface area contributed by atoms with Crippen LogP contribution < -0.4 is 5.32 Å². The van der Waals surface area contributed by atoms with Crippen LogP contribution in [0.25, 0.3) is 5.69 Å². The predicted molar refractivity (Wildman–Crippen MR) is 93.1 cm³/mol.